The van der Waals surface area contributed by atoms with Crippen molar-refractivity contribution in [2.45, 2.75) is 19.0 Å². The molecule has 1 aromatic carbocycles. The summed E-state index contributed by atoms with van der Waals surface area (Å²) in [5.74, 6) is 1.22. The maximum absolute atomic E-state index is 3.64. The van der Waals surface area contributed by atoms with Crippen LogP contribution in [0.5, 0.6) is 0 Å². The van der Waals surface area contributed by atoms with Crippen molar-refractivity contribution in [1.29, 1.82) is 0 Å². The fraction of sp³-hybridized carbons (Fsp3) is 0.571. The van der Waals surface area contributed by atoms with Crippen LogP contribution in [-0.4, -0.2) is 42.6 Å². The van der Waals surface area contributed by atoms with Crippen LogP contribution in [0, 0.1) is 0 Å². The van der Waals surface area contributed by atoms with Crippen LogP contribution in [0.2, 0.25) is 0 Å². The first-order valence-corrected chi connectivity index (χ1v) is 7.76. The zero-order chi connectivity index (χ0) is 11.9. The summed E-state index contributed by atoms with van der Waals surface area (Å²) in [6.07, 6.45) is 3.46. The minimum absolute atomic E-state index is 0.700. The van der Waals surface area contributed by atoms with Crippen molar-refractivity contribution in [3.63, 3.8) is 0 Å². The van der Waals surface area contributed by atoms with Crippen LogP contribution < -0.4 is 5.32 Å². The van der Waals surface area contributed by atoms with Gasteiger partial charge in [0.15, 0.2) is 0 Å². The number of benzene rings is 1. The van der Waals surface area contributed by atoms with Crippen LogP contribution in [-0.2, 0) is 6.54 Å². The molecule has 1 aliphatic rings. The number of likely N-dealkylation sites (tertiary alicyclic amines) is 1. The molecule has 0 amide bonds. The molecule has 1 aromatic rings. The molecule has 17 heavy (non-hydrogen) atoms. The zero-order valence-corrected chi connectivity index (χ0v) is 11.4. The number of thioether (sulfide) groups is 1. The molecule has 0 bridgehead atoms. The highest BCUT2D eigenvalue weighted by atomic mass is 32.2. The van der Waals surface area contributed by atoms with Gasteiger partial charge in [-0.2, -0.15) is 11.8 Å². The second-order valence-electron chi connectivity index (χ2n) is 4.65. The van der Waals surface area contributed by atoms with Gasteiger partial charge in [0.05, 0.1) is 0 Å². The first kappa shape index (κ1) is 12.9. The Kier molecular flexibility index (Phi) is 5.36. The Morgan fingerprint density at radius 3 is 2.94 bits per heavy atom. The van der Waals surface area contributed by atoms with E-state index in [2.05, 4.69) is 46.8 Å². The van der Waals surface area contributed by atoms with Crippen molar-refractivity contribution in [3.8, 4) is 0 Å². The third kappa shape index (κ3) is 4.34. The van der Waals surface area contributed by atoms with Gasteiger partial charge in [0, 0.05) is 38.0 Å². The van der Waals surface area contributed by atoms with Crippen molar-refractivity contribution in [2.24, 2.45) is 0 Å². The predicted octanol–water partition coefficient (Wildman–Crippen LogP) is 2.21. The molecule has 1 N–H and O–H groups in total. The molecular formula is C14H22N2S. The minimum Gasteiger partial charge on any atom is -0.312 e. The number of nitrogens with one attached hydrogen (secondary N) is 1. The highest BCUT2D eigenvalue weighted by Gasteiger charge is 2.21. The molecule has 0 saturated carbocycles. The molecule has 1 saturated heterocycles. The Labute approximate surface area is 109 Å². The lowest BCUT2D eigenvalue weighted by Gasteiger charge is -2.16. The first-order chi connectivity index (χ1) is 8.38. The molecule has 0 aromatic heterocycles. The largest absolute Gasteiger partial charge is 0.312 e. The molecule has 0 aliphatic carbocycles. The van der Waals surface area contributed by atoms with E-state index in [-0.39, 0.29) is 0 Å². The number of rotatable bonds is 6. The van der Waals surface area contributed by atoms with Crippen LogP contribution in [0.3, 0.4) is 0 Å². The van der Waals surface area contributed by atoms with Crippen LogP contribution in [0.1, 0.15) is 12.0 Å². The van der Waals surface area contributed by atoms with E-state index in [0.717, 1.165) is 13.1 Å². The average molecular weight is 250 g/mol. The summed E-state index contributed by atoms with van der Waals surface area (Å²) >= 11 is 1.91. The van der Waals surface area contributed by atoms with Gasteiger partial charge in [-0.25, -0.2) is 0 Å². The smallest absolute Gasteiger partial charge is 0.0234 e. The fourth-order valence-electron chi connectivity index (χ4n) is 2.35. The molecule has 2 nitrogen and oxygen atoms in total. The number of nitrogens with zero attached hydrogens (tertiary/aromatic N) is 1. The maximum Gasteiger partial charge on any atom is 0.0234 e. The molecule has 3 heteroatoms. The second-order valence-corrected chi connectivity index (χ2v) is 5.64. The van der Waals surface area contributed by atoms with E-state index in [1.54, 1.807) is 0 Å². The average Bonchev–Trinajstić information content (AvgIpc) is 2.79. The summed E-state index contributed by atoms with van der Waals surface area (Å²) in [6, 6.07) is 11.5. The van der Waals surface area contributed by atoms with E-state index in [4.69, 9.17) is 0 Å². The van der Waals surface area contributed by atoms with E-state index in [1.165, 1.54) is 30.8 Å². The zero-order valence-electron chi connectivity index (χ0n) is 10.6. The predicted molar refractivity (Wildman–Crippen MR) is 76.5 cm³/mol. The normalized spacial score (nSPS) is 20.9. The highest BCUT2D eigenvalue weighted by Crippen LogP contribution is 2.13. The Bertz CT molecular complexity index is 315. The Hall–Kier alpha value is -0.510. The van der Waals surface area contributed by atoms with Crippen LogP contribution in [0.25, 0.3) is 0 Å². The molecule has 1 atom stereocenters. The van der Waals surface area contributed by atoms with Crippen molar-refractivity contribution in [2.75, 3.05) is 31.6 Å². The molecular weight excluding hydrogens is 228 g/mol. The third-order valence-corrected chi connectivity index (χ3v) is 3.87. The molecule has 2 rings (SSSR count). The summed E-state index contributed by atoms with van der Waals surface area (Å²) in [5.41, 5.74) is 1.43. The molecule has 94 valence electrons. The van der Waals surface area contributed by atoms with E-state index in [9.17, 15) is 0 Å². The minimum atomic E-state index is 0.700. The van der Waals surface area contributed by atoms with Crippen molar-refractivity contribution >= 4 is 11.8 Å². The number of hydrogen-bond donors (Lipinski definition) is 1. The van der Waals surface area contributed by atoms with Crippen LogP contribution in [0.4, 0.5) is 0 Å². The van der Waals surface area contributed by atoms with Gasteiger partial charge in [0.2, 0.25) is 0 Å². The summed E-state index contributed by atoms with van der Waals surface area (Å²) in [5, 5.41) is 3.64. The Morgan fingerprint density at radius 2 is 2.18 bits per heavy atom. The molecule has 1 aliphatic heterocycles. The third-order valence-electron chi connectivity index (χ3n) is 3.26. The van der Waals surface area contributed by atoms with E-state index in [0.29, 0.717) is 6.04 Å². The molecule has 1 fully saturated rings. The van der Waals surface area contributed by atoms with Crippen molar-refractivity contribution in [3.05, 3.63) is 35.9 Å². The van der Waals surface area contributed by atoms with Crippen molar-refractivity contribution < 1.29 is 0 Å². The second kappa shape index (κ2) is 7.04. The van der Waals surface area contributed by atoms with Gasteiger partial charge in [-0.05, 0) is 18.2 Å². The van der Waals surface area contributed by atoms with E-state index in [1.807, 2.05) is 11.8 Å². The SMILES string of the molecule is CSCCNC1CCN(Cc2ccccc2)C1. The lowest BCUT2D eigenvalue weighted by molar-refractivity contribution is 0.321. The Balaban J connectivity index is 1.71. The molecule has 0 radical (unpaired) electrons. The molecule has 0 spiro atoms. The van der Waals surface area contributed by atoms with Crippen LogP contribution >= 0.6 is 11.8 Å². The lowest BCUT2D eigenvalue weighted by Crippen LogP contribution is -2.33. The van der Waals surface area contributed by atoms with Gasteiger partial charge >= 0.3 is 0 Å². The summed E-state index contributed by atoms with van der Waals surface area (Å²) in [7, 11) is 0. The summed E-state index contributed by atoms with van der Waals surface area (Å²) < 4.78 is 0. The quantitative estimate of drug-likeness (QED) is 0.779. The van der Waals surface area contributed by atoms with Gasteiger partial charge in [0.25, 0.3) is 0 Å². The van der Waals surface area contributed by atoms with Crippen molar-refractivity contribution in [1.82, 2.24) is 10.2 Å². The first-order valence-electron chi connectivity index (χ1n) is 6.37. The van der Waals surface area contributed by atoms with E-state index >= 15 is 0 Å². The molecule has 1 unspecified atom stereocenters. The van der Waals surface area contributed by atoms with Gasteiger partial charge in [-0.1, -0.05) is 30.3 Å². The maximum atomic E-state index is 3.64. The number of hydrogen-bond acceptors (Lipinski definition) is 3. The fourth-order valence-corrected chi connectivity index (χ4v) is 2.67. The molecule has 1 heterocycles. The summed E-state index contributed by atoms with van der Waals surface area (Å²) in [6.45, 7) is 4.67. The van der Waals surface area contributed by atoms with Gasteiger partial charge < -0.3 is 5.32 Å². The van der Waals surface area contributed by atoms with Gasteiger partial charge in [0.1, 0.15) is 0 Å². The van der Waals surface area contributed by atoms with Gasteiger partial charge in [-0.15, -0.1) is 0 Å². The van der Waals surface area contributed by atoms with Gasteiger partial charge in [-0.3, -0.25) is 4.90 Å². The van der Waals surface area contributed by atoms with Crippen LogP contribution in [0.15, 0.2) is 30.3 Å². The highest BCUT2D eigenvalue weighted by molar-refractivity contribution is 7.98. The van der Waals surface area contributed by atoms with E-state index < -0.39 is 0 Å². The summed E-state index contributed by atoms with van der Waals surface area (Å²) in [4.78, 5) is 2.55. The standard InChI is InChI=1S/C14H22N2S/c1-17-10-8-15-14-7-9-16(12-14)11-13-5-3-2-4-6-13/h2-6,14-15H,7-12H2,1H3. The topological polar surface area (TPSA) is 15.3 Å². The lowest BCUT2D eigenvalue weighted by atomic mass is 10.2. The Morgan fingerprint density at radius 1 is 1.35 bits per heavy atom. The monoisotopic (exact) mass is 250 g/mol.